The Kier molecular flexibility index (Phi) is 5.49. The maximum atomic E-state index is 12.5. The van der Waals surface area contributed by atoms with Crippen LogP contribution in [0, 0.1) is 11.3 Å². The fraction of sp³-hybridized carbons (Fsp3) is 0.0435. The summed E-state index contributed by atoms with van der Waals surface area (Å²) in [6.45, 7) is 0. The summed E-state index contributed by atoms with van der Waals surface area (Å²) in [5, 5.41) is 10.2. The number of fused-ring (bicyclic) bond motifs is 1. The standard InChI is InChI=1S/C23H14BrClN2O3/c24-19-7-2-1-6-16(19)23(28)29-15-8-9-17-20(11-15)30-22(27)18(12-26)21(17)13-4-3-5-14(25)10-13/h1-11,21H,27H2. The molecule has 5 nitrogen and oxygen atoms in total. The molecule has 1 aliphatic heterocycles. The lowest BCUT2D eigenvalue weighted by molar-refractivity contribution is 0.0733. The normalized spacial score (nSPS) is 15.0. The number of rotatable bonds is 3. The third-order valence-electron chi connectivity index (χ3n) is 4.68. The zero-order chi connectivity index (χ0) is 21.3. The van der Waals surface area contributed by atoms with Crippen molar-refractivity contribution in [2.75, 3.05) is 0 Å². The van der Waals surface area contributed by atoms with E-state index in [4.69, 9.17) is 26.8 Å². The van der Waals surface area contributed by atoms with Gasteiger partial charge in [0.1, 0.15) is 23.1 Å². The number of carbonyl (C=O) groups excluding carboxylic acids is 1. The second-order valence-corrected chi connectivity index (χ2v) is 7.84. The zero-order valence-electron chi connectivity index (χ0n) is 15.4. The first-order valence-electron chi connectivity index (χ1n) is 8.91. The van der Waals surface area contributed by atoms with Crippen LogP contribution in [0.25, 0.3) is 0 Å². The summed E-state index contributed by atoms with van der Waals surface area (Å²) in [6.07, 6.45) is 0. The highest BCUT2D eigenvalue weighted by Gasteiger charge is 2.31. The van der Waals surface area contributed by atoms with Gasteiger partial charge in [0.25, 0.3) is 0 Å². The molecule has 4 rings (SSSR count). The van der Waals surface area contributed by atoms with E-state index in [9.17, 15) is 10.1 Å². The molecule has 7 heteroatoms. The van der Waals surface area contributed by atoms with Gasteiger partial charge in [0.05, 0.1) is 11.5 Å². The van der Waals surface area contributed by atoms with Crippen LogP contribution in [0.15, 0.2) is 82.7 Å². The number of nitrogens with two attached hydrogens (primary N) is 1. The van der Waals surface area contributed by atoms with Crippen LogP contribution in [0.3, 0.4) is 0 Å². The molecule has 0 radical (unpaired) electrons. The highest BCUT2D eigenvalue weighted by Crippen LogP contribution is 2.43. The van der Waals surface area contributed by atoms with Gasteiger partial charge in [0.15, 0.2) is 0 Å². The molecule has 1 heterocycles. The molecule has 1 aliphatic rings. The predicted molar refractivity (Wildman–Crippen MR) is 116 cm³/mol. The topological polar surface area (TPSA) is 85.3 Å². The van der Waals surface area contributed by atoms with Gasteiger partial charge in [-0.15, -0.1) is 0 Å². The van der Waals surface area contributed by atoms with Gasteiger partial charge in [0, 0.05) is 21.1 Å². The lowest BCUT2D eigenvalue weighted by Crippen LogP contribution is -2.21. The fourth-order valence-corrected chi connectivity index (χ4v) is 3.96. The fourth-order valence-electron chi connectivity index (χ4n) is 3.32. The summed E-state index contributed by atoms with van der Waals surface area (Å²) in [4.78, 5) is 12.5. The van der Waals surface area contributed by atoms with Crippen LogP contribution >= 0.6 is 27.5 Å². The summed E-state index contributed by atoms with van der Waals surface area (Å²) in [5.41, 5.74) is 8.25. The van der Waals surface area contributed by atoms with Crippen molar-refractivity contribution in [3.8, 4) is 17.6 Å². The van der Waals surface area contributed by atoms with Crippen LogP contribution in [0.5, 0.6) is 11.5 Å². The molecule has 0 fully saturated rings. The van der Waals surface area contributed by atoms with Gasteiger partial charge in [-0.3, -0.25) is 0 Å². The number of allylic oxidation sites excluding steroid dienone is 1. The molecule has 3 aromatic rings. The number of nitrogens with zero attached hydrogens (tertiary/aromatic N) is 1. The Morgan fingerprint density at radius 3 is 2.67 bits per heavy atom. The van der Waals surface area contributed by atoms with Crippen molar-refractivity contribution in [2.24, 2.45) is 5.73 Å². The Balaban J connectivity index is 1.71. The molecule has 0 spiro atoms. The van der Waals surface area contributed by atoms with Crippen molar-refractivity contribution in [3.05, 3.63) is 104 Å². The molecule has 0 bridgehead atoms. The number of halogens is 2. The number of hydrogen-bond acceptors (Lipinski definition) is 5. The summed E-state index contributed by atoms with van der Waals surface area (Å²) in [7, 11) is 0. The van der Waals surface area contributed by atoms with E-state index in [1.54, 1.807) is 48.5 Å². The predicted octanol–water partition coefficient (Wildman–Crippen LogP) is 5.54. The van der Waals surface area contributed by atoms with Crippen LogP contribution in [0.1, 0.15) is 27.4 Å². The van der Waals surface area contributed by atoms with Crippen molar-refractivity contribution >= 4 is 33.5 Å². The summed E-state index contributed by atoms with van der Waals surface area (Å²) in [5.74, 6) is -0.234. The van der Waals surface area contributed by atoms with E-state index in [2.05, 4.69) is 22.0 Å². The monoisotopic (exact) mass is 480 g/mol. The zero-order valence-corrected chi connectivity index (χ0v) is 17.8. The Hall–Kier alpha value is -3.27. The molecule has 3 aromatic carbocycles. The Labute approximate surface area is 186 Å². The van der Waals surface area contributed by atoms with Crippen molar-refractivity contribution < 1.29 is 14.3 Å². The quantitative estimate of drug-likeness (QED) is 0.392. The lowest BCUT2D eigenvalue weighted by Gasteiger charge is -2.26. The van der Waals surface area contributed by atoms with Crippen LogP contribution in [0.4, 0.5) is 0 Å². The van der Waals surface area contributed by atoms with Crippen LogP contribution in [-0.4, -0.2) is 5.97 Å². The Bertz CT molecular complexity index is 1230. The number of esters is 1. The lowest BCUT2D eigenvalue weighted by atomic mass is 9.83. The minimum atomic E-state index is -0.508. The van der Waals surface area contributed by atoms with Crippen molar-refractivity contribution in [1.29, 1.82) is 5.26 Å². The first-order chi connectivity index (χ1) is 14.5. The molecule has 0 saturated carbocycles. The van der Waals surface area contributed by atoms with Gasteiger partial charge in [-0.1, -0.05) is 41.9 Å². The largest absolute Gasteiger partial charge is 0.440 e. The number of nitriles is 1. The maximum absolute atomic E-state index is 12.5. The van der Waals surface area contributed by atoms with Crippen molar-refractivity contribution in [3.63, 3.8) is 0 Å². The molecule has 148 valence electrons. The van der Waals surface area contributed by atoms with Gasteiger partial charge in [-0.2, -0.15) is 5.26 Å². The number of ether oxygens (including phenoxy) is 2. The molecule has 1 atom stereocenters. The number of carbonyl (C=O) groups is 1. The van der Waals surface area contributed by atoms with E-state index < -0.39 is 11.9 Å². The van der Waals surface area contributed by atoms with E-state index in [-0.39, 0.29) is 5.88 Å². The SMILES string of the molecule is N#CC1=C(N)Oc2cc(OC(=O)c3ccccc3Br)ccc2C1c1cccc(Cl)c1. The van der Waals surface area contributed by atoms with E-state index in [1.807, 2.05) is 18.2 Å². The average Bonchev–Trinajstić information content (AvgIpc) is 2.73. The van der Waals surface area contributed by atoms with Gasteiger partial charge < -0.3 is 15.2 Å². The van der Waals surface area contributed by atoms with Crippen molar-refractivity contribution in [2.45, 2.75) is 5.92 Å². The molecular weight excluding hydrogens is 468 g/mol. The van der Waals surface area contributed by atoms with Gasteiger partial charge in [-0.25, -0.2) is 4.79 Å². The van der Waals surface area contributed by atoms with Crippen LogP contribution in [0.2, 0.25) is 5.02 Å². The average molecular weight is 482 g/mol. The van der Waals surface area contributed by atoms with Gasteiger partial charge in [0.2, 0.25) is 5.88 Å². The van der Waals surface area contributed by atoms with Crippen LogP contribution in [-0.2, 0) is 0 Å². The van der Waals surface area contributed by atoms with Crippen LogP contribution < -0.4 is 15.2 Å². The second-order valence-electron chi connectivity index (χ2n) is 6.55. The first-order valence-corrected chi connectivity index (χ1v) is 10.1. The molecule has 0 amide bonds. The highest BCUT2D eigenvalue weighted by molar-refractivity contribution is 9.10. The molecule has 0 aromatic heterocycles. The molecule has 30 heavy (non-hydrogen) atoms. The summed E-state index contributed by atoms with van der Waals surface area (Å²) >= 11 is 9.49. The number of hydrogen-bond donors (Lipinski definition) is 1. The first kappa shape index (κ1) is 20.0. The molecular formula is C23H14BrClN2O3. The van der Waals surface area contributed by atoms with Crippen molar-refractivity contribution in [1.82, 2.24) is 0 Å². The van der Waals surface area contributed by atoms with E-state index in [0.29, 0.717) is 32.1 Å². The molecule has 0 aliphatic carbocycles. The van der Waals surface area contributed by atoms with E-state index in [1.165, 1.54) is 0 Å². The van der Waals surface area contributed by atoms with Gasteiger partial charge >= 0.3 is 5.97 Å². The number of benzene rings is 3. The van der Waals surface area contributed by atoms with E-state index >= 15 is 0 Å². The highest BCUT2D eigenvalue weighted by atomic mass is 79.9. The third-order valence-corrected chi connectivity index (χ3v) is 5.60. The maximum Gasteiger partial charge on any atom is 0.344 e. The minimum Gasteiger partial charge on any atom is -0.440 e. The summed E-state index contributed by atoms with van der Waals surface area (Å²) < 4.78 is 11.8. The Morgan fingerprint density at radius 2 is 1.93 bits per heavy atom. The molecule has 0 saturated heterocycles. The Morgan fingerprint density at radius 1 is 1.13 bits per heavy atom. The summed E-state index contributed by atoms with van der Waals surface area (Å²) in [6, 6.07) is 21.3. The minimum absolute atomic E-state index is 0.00394. The van der Waals surface area contributed by atoms with Gasteiger partial charge in [-0.05, 0) is 51.8 Å². The second kappa shape index (κ2) is 8.23. The molecule has 2 N–H and O–H groups in total. The smallest absolute Gasteiger partial charge is 0.344 e. The third kappa shape index (κ3) is 3.78. The molecule has 1 unspecified atom stereocenters. The van der Waals surface area contributed by atoms with E-state index in [0.717, 1.165) is 11.1 Å².